The van der Waals surface area contributed by atoms with Gasteiger partial charge < -0.3 is 19.1 Å². The van der Waals surface area contributed by atoms with E-state index in [1.54, 1.807) is 12.1 Å². The number of ether oxygens (including phenoxy) is 1. The number of nitrogens with one attached hydrogen (secondary N) is 1. The van der Waals surface area contributed by atoms with E-state index in [2.05, 4.69) is 25.2 Å². The first-order valence-corrected chi connectivity index (χ1v) is 9.96. The fourth-order valence-corrected chi connectivity index (χ4v) is 3.57. The Morgan fingerprint density at radius 3 is 2.90 bits per heavy atom. The lowest BCUT2D eigenvalue weighted by molar-refractivity contribution is 0.0945. The molecule has 0 fully saturated rings. The van der Waals surface area contributed by atoms with Gasteiger partial charge in [-0.15, -0.1) is 10.2 Å². The van der Waals surface area contributed by atoms with Crippen LogP contribution >= 0.6 is 0 Å². The smallest absolute Gasteiger partial charge is 0.255 e. The number of para-hydroxylation sites is 1. The first-order valence-electron chi connectivity index (χ1n) is 9.96. The van der Waals surface area contributed by atoms with Crippen LogP contribution in [0.15, 0.2) is 28.8 Å². The van der Waals surface area contributed by atoms with E-state index in [0.717, 1.165) is 54.5 Å². The molecule has 1 aliphatic rings. The minimum absolute atomic E-state index is 0.203. The lowest BCUT2D eigenvalue weighted by Crippen LogP contribution is -2.25. The van der Waals surface area contributed by atoms with Crippen LogP contribution in [0.1, 0.15) is 58.3 Å². The number of rotatable bonds is 6. The number of hydrogen-bond donors (Lipinski definition) is 1. The largest absolute Gasteiger partial charge is 0.488 e. The molecule has 1 aromatic carbocycles. The molecule has 0 spiro atoms. The summed E-state index contributed by atoms with van der Waals surface area (Å²) in [6, 6.07) is 7.21. The molecule has 8 heteroatoms. The topological polar surface area (TPSA) is 95.1 Å². The van der Waals surface area contributed by atoms with E-state index < -0.39 is 0 Å². The molecule has 3 heterocycles. The predicted octanol–water partition coefficient (Wildman–Crippen LogP) is 3.12. The van der Waals surface area contributed by atoms with Gasteiger partial charge in [0.25, 0.3) is 5.91 Å². The Hall–Kier alpha value is -3.16. The molecular weight excluding hydrogens is 370 g/mol. The second-order valence-electron chi connectivity index (χ2n) is 7.26. The molecule has 3 aromatic rings. The highest BCUT2D eigenvalue weighted by atomic mass is 16.5. The Kier molecular flexibility index (Phi) is 5.59. The molecule has 8 nitrogen and oxygen atoms in total. The van der Waals surface area contributed by atoms with Gasteiger partial charge in [-0.1, -0.05) is 23.7 Å². The van der Waals surface area contributed by atoms with Gasteiger partial charge in [0, 0.05) is 13.0 Å². The summed E-state index contributed by atoms with van der Waals surface area (Å²) in [4.78, 5) is 12.8. The average molecular weight is 395 g/mol. The lowest BCUT2D eigenvalue weighted by atomic mass is 10.2. The van der Waals surface area contributed by atoms with Gasteiger partial charge >= 0.3 is 0 Å². The molecule has 1 aliphatic heterocycles. The maximum atomic E-state index is 12.8. The zero-order chi connectivity index (χ0) is 20.2. The molecule has 0 radical (unpaired) electrons. The van der Waals surface area contributed by atoms with Crippen LogP contribution in [0.3, 0.4) is 0 Å². The van der Waals surface area contributed by atoms with Gasteiger partial charge in [0.15, 0.2) is 5.82 Å². The molecular formula is C21H25N5O3. The van der Waals surface area contributed by atoms with Crippen molar-refractivity contribution in [3.8, 4) is 5.75 Å². The van der Waals surface area contributed by atoms with E-state index in [4.69, 9.17) is 9.26 Å². The zero-order valence-electron chi connectivity index (χ0n) is 16.8. The third-order valence-electron chi connectivity index (χ3n) is 5.28. The quantitative estimate of drug-likeness (QED) is 0.689. The maximum Gasteiger partial charge on any atom is 0.255 e. The SMILES string of the molecule is Cc1noc(C)c1COc1ccccc1C(=O)NCc1nnc2n1CCCCC2. The number of carbonyl (C=O) groups excluding carboxylic acids is 1. The van der Waals surface area contributed by atoms with Gasteiger partial charge in [-0.3, -0.25) is 4.79 Å². The minimum Gasteiger partial charge on any atom is -0.488 e. The number of benzene rings is 1. The van der Waals surface area contributed by atoms with Gasteiger partial charge in [-0.25, -0.2) is 0 Å². The summed E-state index contributed by atoms with van der Waals surface area (Å²) in [7, 11) is 0. The lowest BCUT2D eigenvalue weighted by Gasteiger charge is -2.12. The van der Waals surface area contributed by atoms with Crippen LogP contribution in [0.2, 0.25) is 0 Å². The fraction of sp³-hybridized carbons (Fsp3) is 0.429. The van der Waals surface area contributed by atoms with Crippen LogP contribution in [-0.4, -0.2) is 25.8 Å². The number of fused-ring (bicyclic) bond motifs is 1. The number of amides is 1. The van der Waals surface area contributed by atoms with Crippen molar-refractivity contribution in [3.05, 3.63) is 58.5 Å². The van der Waals surface area contributed by atoms with E-state index in [1.165, 1.54) is 6.42 Å². The van der Waals surface area contributed by atoms with Crippen LogP contribution in [0.4, 0.5) is 0 Å². The van der Waals surface area contributed by atoms with Crippen molar-refractivity contribution < 1.29 is 14.1 Å². The summed E-state index contributed by atoms with van der Waals surface area (Å²) < 4.78 is 13.2. The van der Waals surface area contributed by atoms with E-state index in [-0.39, 0.29) is 5.91 Å². The first kappa shape index (κ1) is 19.2. The standard InChI is InChI=1S/C21H25N5O3/c1-14-17(15(2)29-25-14)13-28-18-9-6-5-8-16(18)21(27)22-12-20-24-23-19-10-4-3-7-11-26(19)20/h5-6,8-9H,3-4,7,10-13H2,1-2H3,(H,22,27). The Bertz CT molecular complexity index is 988. The van der Waals surface area contributed by atoms with Gasteiger partial charge in [0.2, 0.25) is 0 Å². The van der Waals surface area contributed by atoms with E-state index in [9.17, 15) is 4.79 Å². The molecule has 1 N–H and O–H groups in total. The molecule has 0 saturated carbocycles. The minimum atomic E-state index is -0.203. The van der Waals surface area contributed by atoms with E-state index >= 15 is 0 Å². The molecule has 2 aromatic heterocycles. The third-order valence-corrected chi connectivity index (χ3v) is 5.28. The molecule has 0 atom stereocenters. The number of hydrogen-bond acceptors (Lipinski definition) is 6. The van der Waals surface area contributed by atoms with Gasteiger partial charge in [0.1, 0.15) is 23.9 Å². The number of carbonyl (C=O) groups is 1. The van der Waals surface area contributed by atoms with Gasteiger partial charge in [0.05, 0.1) is 23.4 Å². The summed E-state index contributed by atoms with van der Waals surface area (Å²) >= 11 is 0. The Labute approximate surface area is 169 Å². The molecule has 152 valence electrons. The van der Waals surface area contributed by atoms with Crippen LogP contribution < -0.4 is 10.1 Å². The summed E-state index contributed by atoms with van der Waals surface area (Å²) in [6.07, 6.45) is 4.40. The molecule has 29 heavy (non-hydrogen) atoms. The highest BCUT2D eigenvalue weighted by Crippen LogP contribution is 2.22. The number of aromatic nitrogens is 4. The second kappa shape index (κ2) is 8.46. The van der Waals surface area contributed by atoms with Crippen molar-refractivity contribution in [3.63, 3.8) is 0 Å². The van der Waals surface area contributed by atoms with Crippen molar-refractivity contribution in [1.82, 2.24) is 25.2 Å². The normalized spacial score (nSPS) is 13.6. The van der Waals surface area contributed by atoms with E-state index in [1.807, 2.05) is 26.0 Å². The number of aryl methyl sites for hydroxylation is 3. The van der Waals surface area contributed by atoms with Crippen molar-refractivity contribution in [2.75, 3.05) is 0 Å². The molecule has 0 bridgehead atoms. The Morgan fingerprint density at radius 1 is 1.21 bits per heavy atom. The third kappa shape index (κ3) is 4.16. The summed E-state index contributed by atoms with van der Waals surface area (Å²) in [5, 5.41) is 15.4. The predicted molar refractivity (Wildman–Crippen MR) is 105 cm³/mol. The second-order valence-corrected chi connectivity index (χ2v) is 7.26. The monoisotopic (exact) mass is 395 g/mol. The van der Waals surface area contributed by atoms with Crippen LogP contribution in [0, 0.1) is 13.8 Å². The average Bonchev–Trinajstić information content (AvgIpc) is 3.17. The van der Waals surface area contributed by atoms with E-state index in [0.29, 0.717) is 24.5 Å². The van der Waals surface area contributed by atoms with Gasteiger partial charge in [-0.2, -0.15) is 0 Å². The van der Waals surface area contributed by atoms with Crippen molar-refractivity contribution in [2.45, 2.75) is 59.2 Å². The van der Waals surface area contributed by atoms with Gasteiger partial charge in [-0.05, 0) is 38.8 Å². The van der Waals surface area contributed by atoms with Crippen molar-refractivity contribution in [1.29, 1.82) is 0 Å². The number of nitrogens with zero attached hydrogens (tertiary/aromatic N) is 4. The molecule has 0 aliphatic carbocycles. The molecule has 1 amide bonds. The Balaban J connectivity index is 1.44. The van der Waals surface area contributed by atoms with Crippen LogP contribution in [-0.2, 0) is 26.1 Å². The zero-order valence-corrected chi connectivity index (χ0v) is 16.8. The van der Waals surface area contributed by atoms with Crippen molar-refractivity contribution >= 4 is 5.91 Å². The molecule has 0 saturated heterocycles. The summed E-state index contributed by atoms with van der Waals surface area (Å²) in [5.41, 5.74) is 2.16. The summed E-state index contributed by atoms with van der Waals surface area (Å²) in [6.45, 7) is 5.26. The highest BCUT2D eigenvalue weighted by molar-refractivity contribution is 5.96. The van der Waals surface area contributed by atoms with Crippen LogP contribution in [0.5, 0.6) is 5.75 Å². The first-order chi connectivity index (χ1) is 14.1. The maximum absolute atomic E-state index is 12.8. The van der Waals surface area contributed by atoms with Crippen LogP contribution in [0.25, 0.3) is 0 Å². The van der Waals surface area contributed by atoms with Crippen molar-refractivity contribution in [2.24, 2.45) is 0 Å². The summed E-state index contributed by atoms with van der Waals surface area (Å²) in [5.74, 6) is 2.84. The molecule has 4 rings (SSSR count). The molecule has 0 unspecified atom stereocenters. The fourth-order valence-electron chi connectivity index (χ4n) is 3.57. The Morgan fingerprint density at radius 2 is 2.07 bits per heavy atom. The highest BCUT2D eigenvalue weighted by Gasteiger charge is 2.18.